The third kappa shape index (κ3) is 31.8. The fourth-order valence-corrected chi connectivity index (χ4v) is 5.39. The molecule has 0 fully saturated rings. The predicted octanol–water partition coefficient (Wildman–Crippen LogP) is 11.2. The van der Waals surface area contributed by atoms with Gasteiger partial charge in [-0.25, -0.2) is 0 Å². The molecule has 0 bridgehead atoms. The Morgan fingerprint density at radius 1 is 0.432 bits per heavy atom. The topological polar surface area (TPSA) is 78.9 Å². The molecule has 0 N–H and O–H groups in total. The van der Waals surface area contributed by atoms with Crippen molar-refractivity contribution in [1.29, 1.82) is 0 Å². The van der Waals surface area contributed by atoms with Gasteiger partial charge >= 0.3 is 17.9 Å². The molecule has 0 aromatic carbocycles. The summed E-state index contributed by atoms with van der Waals surface area (Å²) in [6.07, 6.45) is 28.4. The predicted molar refractivity (Wildman–Crippen MR) is 183 cm³/mol. The standard InChI is InChI=1S/C38H72O6/c1-5-7-9-11-12-13-14-15-16-17-23-27-31-38(41)44-35(32-42-36(39)29-25-20-10-8-6-2)33-43-37(40)30-26-22-19-18-21-24-28-34(3)4/h34-35H,5-33H2,1-4H3/t35-/m1/s1. The smallest absolute Gasteiger partial charge is 0.306 e. The molecular weight excluding hydrogens is 552 g/mol. The van der Waals surface area contributed by atoms with Crippen molar-refractivity contribution in [3.8, 4) is 0 Å². The van der Waals surface area contributed by atoms with E-state index in [1.54, 1.807) is 0 Å². The normalized spacial score (nSPS) is 11.9. The van der Waals surface area contributed by atoms with E-state index in [-0.39, 0.29) is 31.1 Å². The number of ether oxygens (including phenoxy) is 3. The Morgan fingerprint density at radius 3 is 1.11 bits per heavy atom. The van der Waals surface area contributed by atoms with Crippen molar-refractivity contribution in [2.24, 2.45) is 5.92 Å². The quantitative estimate of drug-likeness (QED) is 0.0410. The van der Waals surface area contributed by atoms with Gasteiger partial charge in [-0.2, -0.15) is 0 Å². The zero-order chi connectivity index (χ0) is 32.5. The lowest BCUT2D eigenvalue weighted by Gasteiger charge is -2.18. The Kier molecular flexibility index (Phi) is 31.6. The fourth-order valence-electron chi connectivity index (χ4n) is 5.39. The molecule has 260 valence electrons. The lowest BCUT2D eigenvalue weighted by atomic mass is 10.0. The van der Waals surface area contributed by atoms with Gasteiger partial charge in [0.05, 0.1) is 0 Å². The summed E-state index contributed by atoms with van der Waals surface area (Å²) in [5.74, 6) is -0.121. The summed E-state index contributed by atoms with van der Waals surface area (Å²) >= 11 is 0. The lowest BCUT2D eigenvalue weighted by Crippen LogP contribution is -2.30. The van der Waals surface area contributed by atoms with E-state index in [1.165, 1.54) is 89.9 Å². The Bertz CT molecular complexity index is 662. The molecule has 0 spiro atoms. The molecular formula is C38H72O6. The van der Waals surface area contributed by atoms with Crippen molar-refractivity contribution in [2.45, 2.75) is 207 Å². The average Bonchev–Trinajstić information content (AvgIpc) is 3.00. The summed E-state index contributed by atoms with van der Waals surface area (Å²) in [6, 6.07) is 0. The highest BCUT2D eigenvalue weighted by atomic mass is 16.6. The van der Waals surface area contributed by atoms with E-state index >= 15 is 0 Å². The van der Waals surface area contributed by atoms with Gasteiger partial charge in [-0.1, -0.05) is 163 Å². The van der Waals surface area contributed by atoms with Crippen LogP contribution in [-0.2, 0) is 28.6 Å². The van der Waals surface area contributed by atoms with Gasteiger partial charge in [-0.15, -0.1) is 0 Å². The Balaban J connectivity index is 4.28. The van der Waals surface area contributed by atoms with Crippen molar-refractivity contribution in [3.63, 3.8) is 0 Å². The maximum Gasteiger partial charge on any atom is 0.306 e. The number of hydrogen-bond donors (Lipinski definition) is 0. The molecule has 6 nitrogen and oxygen atoms in total. The van der Waals surface area contributed by atoms with Crippen LogP contribution in [0.3, 0.4) is 0 Å². The van der Waals surface area contributed by atoms with E-state index in [0.29, 0.717) is 19.3 Å². The van der Waals surface area contributed by atoms with Gasteiger partial charge in [-0.05, 0) is 25.2 Å². The Morgan fingerprint density at radius 2 is 0.750 bits per heavy atom. The second kappa shape index (κ2) is 32.8. The molecule has 1 atom stereocenters. The highest BCUT2D eigenvalue weighted by Gasteiger charge is 2.19. The summed E-state index contributed by atoms with van der Waals surface area (Å²) < 4.78 is 16.5. The lowest BCUT2D eigenvalue weighted by molar-refractivity contribution is -0.167. The van der Waals surface area contributed by atoms with Crippen molar-refractivity contribution in [3.05, 3.63) is 0 Å². The monoisotopic (exact) mass is 625 g/mol. The van der Waals surface area contributed by atoms with Crippen LogP contribution in [-0.4, -0.2) is 37.2 Å². The Hall–Kier alpha value is -1.59. The van der Waals surface area contributed by atoms with Gasteiger partial charge in [0.15, 0.2) is 6.10 Å². The molecule has 0 aromatic rings. The van der Waals surface area contributed by atoms with Crippen LogP contribution in [0.2, 0.25) is 0 Å². The van der Waals surface area contributed by atoms with Gasteiger partial charge in [0.2, 0.25) is 0 Å². The van der Waals surface area contributed by atoms with Crippen molar-refractivity contribution in [2.75, 3.05) is 13.2 Å². The largest absolute Gasteiger partial charge is 0.462 e. The Labute approximate surface area is 272 Å². The first-order chi connectivity index (χ1) is 21.4. The average molecular weight is 625 g/mol. The highest BCUT2D eigenvalue weighted by molar-refractivity contribution is 5.71. The number of carbonyl (C=O) groups is 3. The SMILES string of the molecule is CCCCCCCCCCCCCCC(=O)O[C@H](COC(=O)CCCCCCC)COC(=O)CCCCCCCCC(C)C. The van der Waals surface area contributed by atoms with Gasteiger partial charge < -0.3 is 14.2 Å². The van der Waals surface area contributed by atoms with Crippen LogP contribution >= 0.6 is 0 Å². The number of esters is 3. The second-order valence-electron chi connectivity index (χ2n) is 13.3. The van der Waals surface area contributed by atoms with Crippen molar-refractivity contribution >= 4 is 17.9 Å². The van der Waals surface area contributed by atoms with Crippen LogP contribution in [0.25, 0.3) is 0 Å². The summed E-state index contributed by atoms with van der Waals surface area (Å²) in [5, 5.41) is 0. The number of unbranched alkanes of at least 4 members (excludes halogenated alkanes) is 20. The molecule has 0 saturated carbocycles. The van der Waals surface area contributed by atoms with E-state index in [1.807, 2.05) is 0 Å². The summed E-state index contributed by atoms with van der Waals surface area (Å²) in [5.41, 5.74) is 0. The van der Waals surface area contributed by atoms with Crippen LogP contribution in [0, 0.1) is 5.92 Å². The zero-order valence-electron chi connectivity index (χ0n) is 29.6. The van der Waals surface area contributed by atoms with E-state index in [4.69, 9.17) is 14.2 Å². The van der Waals surface area contributed by atoms with Crippen LogP contribution in [0.4, 0.5) is 0 Å². The maximum atomic E-state index is 12.6. The third-order valence-corrected chi connectivity index (χ3v) is 8.29. The van der Waals surface area contributed by atoms with E-state index in [2.05, 4.69) is 27.7 Å². The first-order valence-electron chi connectivity index (χ1n) is 18.9. The zero-order valence-corrected chi connectivity index (χ0v) is 29.6. The van der Waals surface area contributed by atoms with Crippen LogP contribution in [0.5, 0.6) is 0 Å². The minimum Gasteiger partial charge on any atom is -0.462 e. The fraction of sp³-hybridized carbons (Fsp3) is 0.921. The molecule has 6 heteroatoms. The van der Waals surface area contributed by atoms with Crippen molar-refractivity contribution in [1.82, 2.24) is 0 Å². The molecule has 0 amide bonds. The first kappa shape index (κ1) is 42.4. The molecule has 0 saturated heterocycles. The minimum atomic E-state index is -0.756. The van der Waals surface area contributed by atoms with Gasteiger partial charge in [0.25, 0.3) is 0 Å². The van der Waals surface area contributed by atoms with Gasteiger partial charge in [0.1, 0.15) is 13.2 Å². The van der Waals surface area contributed by atoms with Crippen LogP contribution in [0.1, 0.15) is 201 Å². The second-order valence-corrected chi connectivity index (χ2v) is 13.3. The van der Waals surface area contributed by atoms with E-state index in [0.717, 1.165) is 70.1 Å². The first-order valence-corrected chi connectivity index (χ1v) is 18.9. The molecule has 0 aliphatic heterocycles. The molecule has 0 unspecified atom stereocenters. The highest BCUT2D eigenvalue weighted by Crippen LogP contribution is 2.15. The van der Waals surface area contributed by atoms with Crippen LogP contribution in [0.15, 0.2) is 0 Å². The summed E-state index contributed by atoms with van der Waals surface area (Å²) in [7, 11) is 0. The summed E-state index contributed by atoms with van der Waals surface area (Å²) in [6.45, 7) is 8.80. The number of rotatable bonds is 33. The van der Waals surface area contributed by atoms with Gasteiger partial charge in [-0.3, -0.25) is 14.4 Å². The molecule has 0 radical (unpaired) electrons. The third-order valence-electron chi connectivity index (χ3n) is 8.29. The molecule has 0 rings (SSSR count). The van der Waals surface area contributed by atoms with Gasteiger partial charge in [0, 0.05) is 19.3 Å². The number of carbonyl (C=O) groups excluding carboxylic acids is 3. The van der Waals surface area contributed by atoms with Crippen LogP contribution < -0.4 is 0 Å². The molecule has 44 heavy (non-hydrogen) atoms. The molecule has 0 heterocycles. The maximum absolute atomic E-state index is 12.6. The molecule has 0 aliphatic rings. The molecule has 0 aromatic heterocycles. The summed E-state index contributed by atoms with van der Waals surface area (Å²) in [4.78, 5) is 37.1. The minimum absolute atomic E-state index is 0.0675. The van der Waals surface area contributed by atoms with Crippen molar-refractivity contribution < 1.29 is 28.6 Å². The van der Waals surface area contributed by atoms with E-state index in [9.17, 15) is 14.4 Å². The molecule has 0 aliphatic carbocycles. The number of hydrogen-bond acceptors (Lipinski definition) is 6. The van der Waals surface area contributed by atoms with E-state index < -0.39 is 6.10 Å².